The third-order valence-corrected chi connectivity index (χ3v) is 5.19. The summed E-state index contributed by atoms with van der Waals surface area (Å²) in [6.45, 7) is 2.69. The molecule has 1 N–H and O–H groups in total. The number of hydrogen-bond donors (Lipinski definition) is 1. The summed E-state index contributed by atoms with van der Waals surface area (Å²) in [7, 11) is 0. The van der Waals surface area contributed by atoms with E-state index in [-0.39, 0.29) is 17.6 Å². The standard InChI is InChI=1S/C17H22N2O2/c20-16-14(5-3-10-18-16)19-11-9-17(12-19)8-7-13-4-1-2-6-15(13)21-17/h1-2,4,6,14H,3,5,7-12H2,(H,18,20). The van der Waals surface area contributed by atoms with Crippen molar-refractivity contribution in [2.75, 3.05) is 19.6 Å². The monoisotopic (exact) mass is 286 g/mol. The van der Waals surface area contributed by atoms with Gasteiger partial charge in [0.1, 0.15) is 11.4 Å². The normalized spacial score (nSPS) is 32.6. The van der Waals surface area contributed by atoms with E-state index < -0.39 is 0 Å². The highest BCUT2D eigenvalue weighted by Crippen LogP contribution is 2.39. The van der Waals surface area contributed by atoms with Gasteiger partial charge in [-0.15, -0.1) is 0 Å². The molecule has 1 aromatic rings. The summed E-state index contributed by atoms with van der Waals surface area (Å²) in [6, 6.07) is 8.40. The van der Waals surface area contributed by atoms with Crippen molar-refractivity contribution < 1.29 is 9.53 Å². The third-order valence-electron chi connectivity index (χ3n) is 5.19. The zero-order valence-corrected chi connectivity index (χ0v) is 12.3. The van der Waals surface area contributed by atoms with E-state index in [2.05, 4.69) is 28.4 Å². The topological polar surface area (TPSA) is 41.6 Å². The number of amides is 1. The number of para-hydroxylation sites is 1. The summed E-state index contributed by atoms with van der Waals surface area (Å²) < 4.78 is 6.36. The van der Waals surface area contributed by atoms with Crippen LogP contribution in [-0.4, -0.2) is 42.1 Å². The summed E-state index contributed by atoms with van der Waals surface area (Å²) >= 11 is 0. The number of carbonyl (C=O) groups excluding carboxylic acids is 1. The molecule has 0 aliphatic carbocycles. The Labute approximate surface area is 125 Å². The van der Waals surface area contributed by atoms with E-state index in [9.17, 15) is 4.79 Å². The van der Waals surface area contributed by atoms with Crippen molar-refractivity contribution in [2.45, 2.75) is 43.7 Å². The molecule has 3 aliphatic heterocycles. The third kappa shape index (κ3) is 2.31. The molecule has 0 saturated carbocycles. The first-order valence-corrected chi connectivity index (χ1v) is 8.05. The van der Waals surface area contributed by atoms with Gasteiger partial charge in [-0.05, 0) is 37.3 Å². The quantitative estimate of drug-likeness (QED) is 0.855. The number of likely N-dealkylation sites (tertiary alicyclic amines) is 1. The van der Waals surface area contributed by atoms with Crippen LogP contribution in [0.3, 0.4) is 0 Å². The molecule has 2 fully saturated rings. The maximum Gasteiger partial charge on any atom is 0.237 e. The van der Waals surface area contributed by atoms with E-state index >= 15 is 0 Å². The highest BCUT2D eigenvalue weighted by atomic mass is 16.5. The summed E-state index contributed by atoms with van der Waals surface area (Å²) in [5.41, 5.74) is 1.24. The minimum absolute atomic E-state index is 0.0545. The lowest BCUT2D eigenvalue weighted by Crippen LogP contribution is -2.51. The van der Waals surface area contributed by atoms with E-state index in [1.165, 1.54) is 5.56 Å². The second-order valence-electron chi connectivity index (χ2n) is 6.56. The fourth-order valence-corrected chi connectivity index (χ4v) is 3.99. The number of rotatable bonds is 1. The predicted molar refractivity (Wildman–Crippen MR) is 80.3 cm³/mol. The van der Waals surface area contributed by atoms with Gasteiger partial charge in [-0.25, -0.2) is 0 Å². The van der Waals surface area contributed by atoms with Crippen LogP contribution in [-0.2, 0) is 11.2 Å². The molecule has 0 aromatic heterocycles. The Morgan fingerprint density at radius 2 is 2.19 bits per heavy atom. The molecule has 3 aliphatic rings. The van der Waals surface area contributed by atoms with Gasteiger partial charge in [-0.3, -0.25) is 9.69 Å². The Balaban J connectivity index is 1.50. The van der Waals surface area contributed by atoms with Gasteiger partial charge in [-0.2, -0.15) is 0 Å². The number of fused-ring (bicyclic) bond motifs is 1. The average Bonchev–Trinajstić information content (AvgIpc) is 2.91. The lowest BCUT2D eigenvalue weighted by atomic mass is 9.90. The molecule has 21 heavy (non-hydrogen) atoms. The van der Waals surface area contributed by atoms with Crippen LogP contribution in [0.2, 0.25) is 0 Å². The van der Waals surface area contributed by atoms with Crippen LogP contribution in [0.25, 0.3) is 0 Å². The fraction of sp³-hybridized carbons (Fsp3) is 0.588. The van der Waals surface area contributed by atoms with E-state index in [1.54, 1.807) is 0 Å². The summed E-state index contributed by atoms with van der Waals surface area (Å²) in [4.78, 5) is 14.4. The van der Waals surface area contributed by atoms with Crippen molar-refractivity contribution in [3.8, 4) is 5.75 Å². The largest absolute Gasteiger partial charge is 0.486 e. The molecule has 4 nitrogen and oxygen atoms in total. The Morgan fingerprint density at radius 1 is 1.29 bits per heavy atom. The fourth-order valence-electron chi connectivity index (χ4n) is 3.99. The maximum absolute atomic E-state index is 12.1. The first kappa shape index (κ1) is 13.1. The van der Waals surface area contributed by atoms with Gasteiger partial charge in [0, 0.05) is 26.1 Å². The molecule has 0 radical (unpaired) electrons. The first-order chi connectivity index (χ1) is 10.3. The molecule has 2 atom stereocenters. The number of piperidine rings is 1. The smallest absolute Gasteiger partial charge is 0.237 e. The maximum atomic E-state index is 12.1. The lowest BCUT2D eigenvalue weighted by Gasteiger charge is -2.37. The van der Waals surface area contributed by atoms with Gasteiger partial charge in [0.25, 0.3) is 0 Å². The highest BCUT2D eigenvalue weighted by molar-refractivity contribution is 5.82. The van der Waals surface area contributed by atoms with Crippen molar-refractivity contribution >= 4 is 5.91 Å². The molecule has 1 spiro atoms. The minimum atomic E-state index is -0.0773. The molecule has 3 heterocycles. The molecule has 4 rings (SSSR count). The Hall–Kier alpha value is -1.55. The number of benzene rings is 1. The van der Waals surface area contributed by atoms with Crippen molar-refractivity contribution in [2.24, 2.45) is 0 Å². The zero-order valence-electron chi connectivity index (χ0n) is 12.3. The van der Waals surface area contributed by atoms with Crippen molar-refractivity contribution in [3.63, 3.8) is 0 Å². The number of nitrogens with zero attached hydrogens (tertiary/aromatic N) is 1. The van der Waals surface area contributed by atoms with Crippen LogP contribution in [0.15, 0.2) is 24.3 Å². The number of hydrogen-bond acceptors (Lipinski definition) is 3. The molecule has 0 bridgehead atoms. The molecule has 1 amide bonds. The molecular formula is C17H22N2O2. The number of ether oxygens (including phenoxy) is 1. The van der Waals surface area contributed by atoms with Gasteiger partial charge < -0.3 is 10.1 Å². The van der Waals surface area contributed by atoms with Crippen LogP contribution >= 0.6 is 0 Å². The predicted octanol–water partition coefficient (Wildman–Crippen LogP) is 1.73. The van der Waals surface area contributed by atoms with E-state index in [0.717, 1.165) is 57.5 Å². The molecule has 2 unspecified atom stereocenters. The van der Waals surface area contributed by atoms with Gasteiger partial charge in [0.05, 0.1) is 6.04 Å². The van der Waals surface area contributed by atoms with Crippen LogP contribution in [0.1, 0.15) is 31.2 Å². The van der Waals surface area contributed by atoms with E-state index in [1.807, 2.05) is 6.07 Å². The van der Waals surface area contributed by atoms with Crippen molar-refractivity contribution in [1.82, 2.24) is 10.2 Å². The minimum Gasteiger partial charge on any atom is -0.486 e. The lowest BCUT2D eigenvalue weighted by molar-refractivity contribution is -0.128. The van der Waals surface area contributed by atoms with E-state index in [0.29, 0.717) is 0 Å². The zero-order chi connectivity index (χ0) is 14.3. The number of carbonyl (C=O) groups is 1. The molecular weight excluding hydrogens is 264 g/mol. The Kier molecular flexibility index (Phi) is 3.14. The first-order valence-electron chi connectivity index (χ1n) is 8.05. The van der Waals surface area contributed by atoms with Crippen LogP contribution in [0.5, 0.6) is 5.75 Å². The second-order valence-corrected chi connectivity index (χ2v) is 6.56. The van der Waals surface area contributed by atoms with Gasteiger partial charge >= 0.3 is 0 Å². The van der Waals surface area contributed by atoms with Gasteiger partial charge in [0.15, 0.2) is 0 Å². The van der Waals surface area contributed by atoms with Crippen molar-refractivity contribution in [3.05, 3.63) is 29.8 Å². The molecule has 112 valence electrons. The summed E-state index contributed by atoms with van der Waals surface area (Å²) in [5, 5.41) is 2.99. The average molecular weight is 286 g/mol. The van der Waals surface area contributed by atoms with Gasteiger partial charge in [0.2, 0.25) is 5.91 Å². The number of nitrogens with one attached hydrogen (secondary N) is 1. The van der Waals surface area contributed by atoms with Gasteiger partial charge in [-0.1, -0.05) is 18.2 Å². The SMILES string of the molecule is O=C1NCCCC1N1CCC2(CCc3ccccc3O2)C1. The molecule has 2 saturated heterocycles. The second kappa shape index (κ2) is 5.02. The van der Waals surface area contributed by atoms with Crippen LogP contribution in [0.4, 0.5) is 0 Å². The van der Waals surface area contributed by atoms with Crippen LogP contribution < -0.4 is 10.1 Å². The van der Waals surface area contributed by atoms with E-state index in [4.69, 9.17) is 4.74 Å². The van der Waals surface area contributed by atoms with Crippen LogP contribution in [0, 0.1) is 0 Å². The highest BCUT2D eigenvalue weighted by Gasteiger charge is 2.45. The Morgan fingerprint density at radius 3 is 3.10 bits per heavy atom. The summed E-state index contributed by atoms with van der Waals surface area (Å²) in [6.07, 6.45) is 5.25. The van der Waals surface area contributed by atoms with Crippen molar-refractivity contribution in [1.29, 1.82) is 0 Å². The number of aryl methyl sites for hydroxylation is 1. The summed E-state index contributed by atoms with van der Waals surface area (Å²) in [5.74, 6) is 1.24. The molecule has 4 heteroatoms. The Bertz CT molecular complexity index is 559. The molecule has 1 aromatic carbocycles.